The molecule has 1 aromatic rings. The maximum atomic E-state index is 12.3. The molecule has 2 atom stereocenters. The van der Waals surface area contributed by atoms with Crippen molar-refractivity contribution >= 4 is 23.6 Å². The van der Waals surface area contributed by atoms with Gasteiger partial charge >= 0.3 is 12.0 Å². The van der Waals surface area contributed by atoms with E-state index in [4.69, 9.17) is 5.11 Å². The Kier molecular flexibility index (Phi) is 5.75. The Balaban J connectivity index is 1.42. The molecule has 0 radical (unpaired) electrons. The summed E-state index contributed by atoms with van der Waals surface area (Å²) in [5.41, 5.74) is 0.766. The number of rotatable bonds is 4. The van der Waals surface area contributed by atoms with E-state index in [1.54, 1.807) is 4.90 Å². The van der Waals surface area contributed by atoms with Gasteiger partial charge in [0, 0.05) is 30.7 Å². The summed E-state index contributed by atoms with van der Waals surface area (Å²) < 4.78 is 0. The molecule has 0 bridgehead atoms. The summed E-state index contributed by atoms with van der Waals surface area (Å²) in [6, 6.07) is 9.25. The van der Waals surface area contributed by atoms with Crippen molar-refractivity contribution in [2.75, 3.05) is 18.4 Å². The van der Waals surface area contributed by atoms with Crippen LogP contribution in [0.2, 0.25) is 0 Å². The van der Waals surface area contributed by atoms with Gasteiger partial charge < -0.3 is 20.6 Å². The average Bonchev–Trinajstić information content (AvgIpc) is 3.14. The minimum Gasteiger partial charge on any atom is -0.481 e. The molecule has 1 aliphatic heterocycles. The highest BCUT2D eigenvalue weighted by molar-refractivity contribution is 5.89. The van der Waals surface area contributed by atoms with Crippen molar-refractivity contribution in [2.45, 2.75) is 38.1 Å². The van der Waals surface area contributed by atoms with Crippen LogP contribution in [0.3, 0.4) is 0 Å². The number of nitrogens with zero attached hydrogens (tertiary/aromatic N) is 1. The fourth-order valence-electron chi connectivity index (χ4n) is 3.71. The van der Waals surface area contributed by atoms with Gasteiger partial charge in [-0.3, -0.25) is 9.59 Å². The predicted molar refractivity (Wildman–Crippen MR) is 96.7 cm³/mol. The van der Waals surface area contributed by atoms with E-state index in [-0.39, 0.29) is 23.9 Å². The van der Waals surface area contributed by atoms with Crippen LogP contribution in [0.1, 0.15) is 32.1 Å². The Morgan fingerprint density at radius 2 is 1.62 bits per heavy atom. The number of piperidine rings is 1. The van der Waals surface area contributed by atoms with Crippen LogP contribution in [0, 0.1) is 11.8 Å². The van der Waals surface area contributed by atoms with Crippen molar-refractivity contribution in [3.63, 3.8) is 0 Å². The molecule has 1 saturated carbocycles. The molecule has 140 valence electrons. The molecule has 3 N–H and O–H groups in total. The minimum absolute atomic E-state index is 0.0408. The number of nitrogens with one attached hydrogen (secondary N) is 2. The van der Waals surface area contributed by atoms with Gasteiger partial charge in [0.2, 0.25) is 5.91 Å². The van der Waals surface area contributed by atoms with Crippen LogP contribution in [-0.2, 0) is 9.59 Å². The summed E-state index contributed by atoms with van der Waals surface area (Å²) in [6.07, 6.45) is 3.07. The van der Waals surface area contributed by atoms with Crippen LogP contribution in [0.15, 0.2) is 30.3 Å². The van der Waals surface area contributed by atoms with Crippen LogP contribution < -0.4 is 10.6 Å². The molecule has 2 fully saturated rings. The lowest BCUT2D eigenvalue weighted by Gasteiger charge is -2.33. The van der Waals surface area contributed by atoms with Crippen LogP contribution in [0.25, 0.3) is 0 Å². The summed E-state index contributed by atoms with van der Waals surface area (Å²) in [5, 5.41) is 15.0. The Morgan fingerprint density at radius 3 is 2.23 bits per heavy atom. The van der Waals surface area contributed by atoms with Gasteiger partial charge in [0.1, 0.15) is 0 Å². The number of hydrogen-bond acceptors (Lipinski definition) is 3. The van der Waals surface area contributed by atoms with E-state index < -0.39 is 11.9 Å². The topological polar surface area (TPSA) is 98.7 Å². The van der Waals surface area contributed by atoms with Crippen molar-refractivity contribution in [3.05, 3.63) is 30.3 Å². The molecule has 2 aliphatic rings. The Hall–Kier alpha value is -2.57. The van der Waals surface area contributed by atoms with Crippen molar-refractivity contribution in [1.82, 2.24) is 10.2 Å². The van der Waals surface area contributed by atoms with E-state index in [2.05, 4.69) is 10.6 Å². The molecule has 1 aromatic carbocycles. The molecule has 1 saturated heterocycles. The van der Waals surface area contributed by atoms with Crippen LogP contribution in [-0.4, -0.2) is 47.0 Å². The molecule has 3 amide bonds. The number of benzene rings is 1. The number of hydrogen-bond donors (Lipinski definition) is 3. The van der Waals surface area contributed by atoms with Crippen molar-refractivity contribution in [1.29, 1.82) is 0 Å². The van der Waals surface area contributed by atoms with Crippen molar-refractivity contribution in [2.24, 2.45) is 11.8 Å². The third-order valence-corrected chi connectivity index (χ3v) is 5.31. The summed E-state index contributed by atoms with van der Waals surface area (Å²) in [6.45, 7) is 1.18. The van der Waals surface area contributed by atoms with Gasteiger partial charge in [0.05, 0.1) is 5.92 Å². The van der Waals surface area contributed by atoms with Crippen LogP contribution in [0.4, 0.5) is 10.5 Å². The van der Waals surface area contributed by atoms with Gasteiger partial charge in [-0.15, -0.1) is 0 Å². The number of likely N-dealkylation sites (tertiary alicyclic amines) is 1. The minimum atomic E-state index is -0.807. The van der Waals surface area contributed by atoms with E-state index in [9.17, 15) is 14.4 Å². The van der Waals surface area contributed by atoms with Gasteiger partial charge in [0.15, 0.2) is 0 Å². The molecule has 7 nitrogen and oxygen atoms in total. The normalized spacial score (nSPS) is 23.5. The smallest absolute Gasteiger partial charge is 0.321 e. The van der Waals surface area contributed by atoms with Crippen molar-refractivity contribution in [3.8, 4) is 0 Å². The number of carboxylic acid groups (broad SMARTS) is 1. The average molecular weight is 359 g/mol. The first-order valence-corrected chi connectivity index (χ1v) is 9.17. The Bertz CT molecular complexity index is 656. The van der Waals surface area contributed by atoms with Crippen LogP contribution >= 0.6 is 0 Å². The van der Waals surface area contributed by atoms with Gasteiger partial charge in [-0.1, -0.05) is 18.2 Å². The molecule has 0 unspecified atom stereocenters. The highest BCUT2D eigenvalue weighted by Gasteiger charge is 2.35. The SMILES string of the molecule is O=C(O)[C@@H]1CC[C@H](C(=O)NC2CCN(C(=O)Nc3ccccc3)CC2)C1. The number of para-hydroxylation sites is 1. The van der Waals surface area contributed by atoms with E-state index in [0.29, 0.717) is 45.2 Å². The van der Waals surface area contributed by atoms with E-state index in [1.165, 1.54) is 0 Å². The summed E-state index contributed by atoms with van der Waals surface area (Å²) in [7, 11) is 0. The number of carbonyl (C=O) groups is 3. The summed E-state index contributed by atoms with van der Waals surface area (Å²) >= 11 is 0. The molecule has 3 rings (SSSR count). The number of amides is 3. The number of aliphatic carboxylic acids is 1. The van der Waals surface area contributed by atoms with E-state index in [1.807, 2.05) is 30.3 Å². The maximum Gasteiger partial charge on any atom is 0.321 e. The van der Waals surface area contributed by atoms with Gasteiger partial charge in [-0.05, 0) is 44.2 Å². The summed E-state index contributed by atoms with van der Waals surface area (Å²) in [5.74, 6) is -1.44. The lowest BCUT2D eigenvalue weighted by molar-refractivity contribution is -0.141. The maximum absolute atomic E-state index is 12.3. The molecular formula is C19H25N3O4. The number of anilines is 1. The fraction of sp³-hybridized carbons (Fsp3) is 0.526. The fourth-order valence-corrected chi connectivity index (χ4v) is 3.71. The van der Waals surface area contributed by atoms with Gasteiger partial charge in [-0.2, -0.15) is 0 Å². The first-order chi connectivity index (χ1) is 12.5. The third kappa shape index (κ3) is 4.53. The second-order valence-corrected chi connectivity index (χ2v) is 7.11. The monoisotopic (exact) mass is 359 g/mol. The zero-order valence-corrected chi connectivity index (χ0v) is 14.7. The molecule has 0 spiro atoms. The van der Waals surface area contributed by atoms with Crippen molar-refractivity contribution < 1.29 is 19.5 Å². The summed E-state index contributed by atoms with van der Waals surface area (Å²) in [4.78, 5) is 37.4. The zero-order chi connectivity index (χ0) is 18.5. The second kappa shape index (κ2) is 8.21. The first-order valence-electron chi connectivity index (χ1n) is 9.17. The predicted octanol–water partition coefficient (Wildman–Crippen LogP) is 2.30. The number of carboxylic acids is 1. The lowest BCUT2D eigenvalue weighted by Crippen LogP contribution is -2.48. The second-order valence-electron chi connectivity index (χ2n) is 7.11. The quantitative estimate of drug-likeness (QED) is 0.768. The Morgan fingerprint density at radius 1 is 0.962 bits per heavy atom. The molecule has 26 heavy (non-hydrogen) atoms. The van der Waals surface area contributed by atoms with Gasteiger partial charge in [0.25, 0.3) is 0 Å². The first kappa shape index (κ1) is 18.2. The van der Waals surface area contributed by atoms with Gasteiger partial charge in [-0.25, -0.2) is 4.79 Å². The number of urea groups is 1. The standard InChI is InChI=1S/C19H25N3O4/c23-17(13-6-7-14(12-13)18(24)25)20-16-8-10-22(11-9-16)19(26)21-15-4-2-1-3-5-15/h1-5,13-14,16H,6-12H2,(H,20,23)(H,21,26)(H,24,25)/t13-,14+/m0/s1. The zero-order valence-electron chi connectivity index (χ0n) is 14.7. The third-order valence-electron chi connectivity index (χ3n) is 5.31. The largest absolute Gasteiger partial charge is 0.481 e. The highest BCUT2D eigenvalue weighted by atomic mass is 16.4. The van der Waals surface area contributed by atoms with Crippen LogP contribution in [0.5, 0.6) is 0 Å². The highest BCUT2D eigenvalue weighted by Crippen LogP contribution is 2.31. The molecular weight excluding hydrogens is 334 g/mol. The molecule has 0 aromatic heterocycles. The van der Waals surface area contributed by atoms with E-state index >= 15 is 0 Å². The number of carbonyl (C=O) groups excluding carboxylic acids is 2. The van der Waals surface area contributed by atoms with E-state index in [0.717, 1.165) is 5.69 Å². The Labute approximate surface area is 152 Å². The molecule has 7 heteroatoms. The lowest BCUT2D eigenvalue weighted by atomic mass is 10.0. The molecule has 1 aliphatic carbocycles. The molecule has 1 heterocycles.